The van der Waals surface area contributed by atoms with Crippen molar-refractivity contribution < 1.29 is 19.4 Å². The van der Waals surface area contributed by atoms with Crippen LogP contribution in [0, 0.1) is 29.6 Å². The van der Waals surface area contributed by atoms with Crippen LogP contribution in [0.2, 0.25) is 0 Å². The Morgan fingerprint density at radius 1 is 1.13 bits per heavy atom. The third-order valence-electron chi connectivity index (χ3n) is 8.52. The first-order valence-corrected chi connectivity index (χ1v) is 12.5. The maximum absolute atomic E-state index is 12.5. The van der Waals surface area contributed by atoms with Crippen molar-refractivity contribution in [1.29, 1.82) is 0 Å². The molecule has 4 rings (SSSR count). The molecule has 4 aliphatic rings. The maximum Gasteiger partial charge on any atom is 0.286 e. The summed E-state index contributed by atoms with van der Waals surface area (Å²) in [5, 5.41) is 12.8. The first kappa shape index (κ1) is 22.1. The third-order valence-corrected chi connectivity index (χ3v) is 8.52. The van der Waals surface area contributed by atoms with Crippen molar-refractivity contribution in [3.05, 3.63) is 11.8 Å². The van der Waals surface area contributed by atoms with E-state index in [9.17, 15) is 9.90 Å². The Balaban J connectivity index is 1.16. The van der Waals surface area contributed by atoms with Crippen LogP contribution in [0.15, 0.2) is 11.8 Å². The predicted octanol–water partition coefficient (Wildman–Crippen LogP) is 4.20. The van der Waals surface area contributed by atoms with Crippen LogP contribution < -0.4 is 5.32 Å². The monoisotopic (exact) mass is 419 g/mol. The molecule has 5 nitrogen and oxygen atoms in total. The summed E-state index contributed by atoms with van der Waals surface area (Å²) in [6.45, 7) is 1.12. The highest BCUT2D eigenvalue weighted by atomic mass is 16.5. The molecule has 3 aliphatic carbocycles. The van der Waals surface area contributed by atoms with Crippen LogP contribution in [0.25, 0.3) is 0 Å². The zero-order valence-electron chi connectivity index (χ0n) is 18.7. The molecule has 5 heteroatoms. The number of aliphatic hydroxyl groups excluding tert-OH is 1. The number of rotatable bonds is 7. The summed E-state index contributed by atoms with van der Waals surface area (Å²) in [7, 11) is 1.77. The maximum atomic E-state index is 12.5. The molecular weight excluding hydrogens is 378 g/mol. The molecule has 30 heavy (non-hydrogen) atoms. The number of carbonyl (C=O) groups excluding carboxylic acids is 1. The highest BCUT2D eigenvalue weighted by molar-refractivity contribution is 5.91. The van der Waals surface area contributed by atoms with Gasteiger partial charge >= 0.3 is 0 Å². The molecule has 1 heterocycles. The quantitative estimate of drug-likeness (QED) is 0.649. The van der Waals surface area contributed by atoms with Gasteiger partial charge < -0.3 is 19.9 Å². The van der Waals surface area contributed by atoms with Crippen LogP contribution >= 0.6 is 0 Å². The van der Waals surface area contributed by atoms with Crippen molar-refractivity contribution in [2.45, 2.75) is 89.3 Å². The summed E-state index contributed by atoms with van der Waals surface area (Å²) in [6, 6.07) is 0. The van der Waals surface area contributed by atoms with E-state index in [4.69, 9.17) is 9.47 Å². The van der Waals surface area contributed by atoms with Gasteiger partial charge in [0.1, 0.15) is 6.10 Å². The van der Waals surface area contributed by atoms with Crippen LogP contribution in [-0.2, 0) is 14.3 Å². The Morgan fingerprint density at radius 3 is 2.70 bits per heavy atom. The minimum Gasteiger partial charge on any atom is -0.484 e. The SMILES string of the molecule is COC1CCC2OC(C(=O)NCCC3CCC(C4CCCCC4CO)CC3)=CC2C1. The van der Waals surface area contributed by atoms with Gasteiger partial charge in [0.25, 0.3) is 5.91 Å². The van der Waals surface area contributed by atoms with E-state index in [0.717, 1.165) is 50.0 Å². The minimum atomic E-state index is -0.0416. The van der Waals surface area contributed by atoms with Crippen LogP contribution in [0.5, 0.6) is 0 Å². The first-order valence-electron chi connectivity index (χ1n) is 12.5. The summed E-state index contributed by atoms with van der Waals surface area (Å²) < 4.78 is 11.4. The van der Waals surface area contributed by atoms with Gasteiger partial charge in [-0.25, -0.2) is 0 Å². The fourth-order valence-electron chi connectivity index (χ4n) is 6.66. The molecule has 170 valence electrons. The summed E-state index contributed by atoms with van der Waals surface area (Å²) >= 11 is 0. The highest BCUT2D eigenvalue weighted by Gasteiger charge is 2.38. The number of aliphatic hydroxyl groups is 1. The van der Waals surface area contributed by atoms with Gasteiger partial charge in [0.05, 0.1) is 6.10 Å². The highest BCUT2D eigenvalue weighted by Crippen LogP contribution is 2.43. The second-order valence-corrected chi connectivity index (χ2v) is 10.2. The molecule has 1 aliphatic heterocycles. The molecular formula is C25H41NO4. The van der Waals surface area contributed by atoms with E-state index in [2.05, 4.69) is 5.32 Å². The fourth-order valence-corrected chi connectivity index (χ4v) is 6.66. The Kier molecular flexibility index (Phi) is 7.74. The first-order chi connectivity index (χ1) is 14.7. The largest absolute Gasteiger partial charge is 0.484 e. The normalized spacial score (nSPS) is 39.0. The van der Waals surface area contributed by atoms with Gasteiger partial charge in [-0.2, -0.15) is 0 Å². The van der Waals surface area contributed by atoms with E-state index in [-0.39, 0.29) is 12.0 Å². The lowest BCUT2D eigenvalue weighted by molar-refractivity contribution is -0.121. The molecule has 0 aromatic heterocycles. The molecule has 0 radical (unpaired) electrons. The zero-order valence-corrected chi connectivity index (χ0v) is 18.7. The Labute approximate surface area is 182 Å². The molecule has 2 N–H and O–H groups in total. The summed E-state index contributed by atoms with van der Waals surface area (Å²) in [5.74, 6) is 3.63. The molecule has 0 saturated heterocycles. The van der Waals surface area contributed by atoms with Gasteiger partial charge in [-0.15, -0.1) is 0 Å². The Bertz CT molecular complexity index is 598. The van der Waals surface area contributed by atoms with Crippen LogP contribution in [0.4, 0.5) is 0 Å². The van der Waals surface area contributed by atoms with Crippen LogP contribution in [0.3, 0.4) is 0 Å². The van der Waals surface area contributed by atoms with Gasteiger partial charge in [0.2, 0.25) is 0 Å². The number of fused-ring (bicyclic) bond motifs is 1. The van der Waals surface area contributed by atoms with Crippen LogP contribution in [-0.4, -0.2) is 43.5 Å². The second-order valence-electron chi connectivity index (χ2n) is 10.2. The zero-order chi connectivity index (χ0) is 20.9. The molecule has 0 spiro atoms. The number of hydrogen-bond acceptors (Lipinski definition) is 4. The second kappa shape index (κ2) is 10.5. The van der Waals surface area contributed by atoms with E-state index in [1.165, 1.54) is 51.4 Å². The number of methoxy groups -OCH3 is 1. The summed E-state index contributed by atoms with van der Waals surface area (Å²) in [5.41, 5.74) is 0. The van der Waals surface area contributed by atoms with Crippen molar-refractivity contribution >= 4 is 5.91 Å². The molecule has 5 atom stereocenters. The lowest BCUT2D eigenvalue weighted by Crippen LogP contribution is -2.33. The molecule has 0 aromatic rings. The molecule has 0 bridgehead atoms. The van der Waals surface area contributed by atoms with Crippen molar-refractivity contribution in [3.63, 3.8) is 0 Å². The van der Waals surface area contributed by atoms with Gasteiger partial charge in [0, 0.05) is 26.2 Å². The summed E-state index contributed by atoms with van der Waals surface area (Å²) in [4.78, 5) is 12.5. The van der Waals surface area contributed by atoms with E-state index >= 15 is 0 Å². The van der Waals surface area contributed by atoms with E-state index in [1.807, 2.05) is 6.08 Å². The number of amides is 1. The van der Waals surface area contributed by atoms with Gasteiger partial charge in [-0.3, -0.25) is 4.79 Å². The van der Waals surface area contributed by atoms with E-state index in [0.29, 0.717) is 30.3 Å². The average Bonchev–Trinajstić information content (AvgIpc) is 3.23. The van der Waals surface area contributed by atoms with Crippen molar-refractivity contribution in [2.24, 2.45) is 29.6 Å². The lowest BCUT2D eigenvalue weighted by Gasteiger charge is -2.40. The van der Waals surface area contributed by atoms with Gasteiger partial charge in [0.15, 0.2) is 5.76 Å². The van der Waals surface area contributed by atoms with Crippen molar-refractivity contribution in [2.75, 3.05) is 20.3 Å². The Hall–Kier alpha value is -1.07. The number of nitrogens with one attached hydrogen (secondary N) is 1. The standard InChI is InChI=1S/C25H41NO4/c1-29-21-10-11-23-20(14-21)15-24(30-23)25(28)26-13-12-17-6-8-18(9-7-17)22-5-3-2-4-19(22)16-27/h15,17-23,27H,2-14,16H2,1H3,(H,26,28). The molecule has 1 amide bonds. The van der Waals surface area contributed by atoms with Crippen molar-refractivity contribution in [1.82, 2.24) is 5.32 Å². The third kappa shape index (κ3) is 5.21. The molecule has 5 unspecified atom stereocenters. The predicted molar refractivity (Wildman–Crippen MR) is 117 cm³/mol. The fraction of sp³-hybridized carbons (Fsp3) is 0.880. The minimum absolute atomic E-state index is 0.0416. The van der Waals surface area contributed by atoms with E-state index < -0.39 is 0 Å². The van der Waals surface area contributed by atoms with Gasteiger partial charge in [-0.1, -0.05) is 25.7 Å². The smallest absolute Gasteiger partial charge is 0.286 e. The van der Waals surface area contributed by atoms with Crippen molar-refractivity contribution in [3.8, 4) is 0 Å². The van der Waals surface area contributed by atoms with Crippen LogP contribution in [0.1, 0.15) is 77.0 Å². The Morgan fingerprint density at radius 2 is 1.93 bits per heavy atom. The number of ether oxygens (including phenoxy) is 2. The topological polar surface area (TPSA) is 67.8 Å². The average molecular weight is 420 g/mol. The van der Waals surface area contributed by atoms with E-state index in [1.54, 1.807) is 7.11 Å². The van der Waals surface area contributed by atoms with Gasteiger partial charge in [-0.05, 0) is 81.1 Å². The molecule has 3 saturated carbocycles. The summed E-state index contributed by atoms with van der Waals surface area (Å²) in [6.07, 6.45) is 16.8. The molecule has 0 aromatic carbocycles. The molecule has 3 fully saturated rings. The number of carbonyl (C=O) groups is 1. The number of hydrogen-bond donors (Lipinski definition) is 2. The lowest BCUT2D eigenvalue weighted by atomic mass is 9.66.